The van der Waals surface area contributed by atoms with E-state index in [2.05, 4.69) is 36.2 Å². The lowest BCUT2D eigenvalue weighted by Gasteiger charge is -1.91. The molecule has 0 amide bonds. The van der Waals surface area contributed by atoms with Crippen molar-refractivity contribution < 1.29 is 0 Å². The fourth-order valence-electron chi connectivity index (χ4n) is 1.36. The van der Waals surface area contributed by atoms with Gasteiger partial charge >= 0.3 is 0 Å². The van der Waals surface area contributed by atoms with Crippen molar-refractivity contribution >= 4 is 29.6 Å². The Labute approximate surface area is 88.5 Å². The molecular formula is C12H13NS. The first-order valence-electron chi connectivity index (χ1n) is 4.79. The topological polar surface area (TPSA) is 12.9 Å². The summed E-state index contributed by atoms with van der Waals surface area (Å²) in [4.78, 5) is 5.79. The van der Waals surface area contributed by atoms with Crippen molar-refractivity contribution in [3.05, 3.63) is 33.8 Å². The van der Waals surface area contributed by atoms with Gasteiger partial charge in [-0.3, -0.25) is 0 Å². The predicted octanol–water partition coefficient (Wildman–Crippen LogP) is 3.85. The highest BCUT2D eigenvalue weighted by Crippen LogP contribution is 2.25. The highest BCUT2D eigenvalue weighted by atomic mass is 32.1. The van der Waals surface area contributed by atoms with Gasteiger partial charge in [0, 0.05) is 0 Å². The van der Waals surface area contributed by atoms with E-state index < -0.39 is 0 Å². The molecule has 0 fully saturated rings. The normalized spacial score (nSPS) is 20.0. The molecule has 1 aliphatic rings. The van der Waals surface area contributed by atoms with Gasteiger partial charge in [-0.1, -0.05) is 25.2 Å². The van der Waals surface area contributed by atoms with Crippen molar-refractivity contribution in [1.82, 2.24) is 4.98 Å². The molecule has 0 N–H and O–H groups in total. The van der Waals surface area contributed by atoms with E-state index >= 15 is 0 Å². The number of fused-ring (bicyclic) bond motifs is 1. The van der Waals surface area contributed by atoms with Crippen LogP contribution in [-0.2, 0) is 0 Å². The molecule has 2 heteroatoms. The van der Waals surface area contributed by atoms with Gasteiger partial charge in [-0.15, -0.1) is 11.3 Å². The Balaban J connectivity index is 2.41. The summed E-state index contributed by atoms with van der Waals surface area (Å²) in [6, 6.07) is 0. The molecule has 0 bridgehead atoms. The first-order valence-corrected chi connectivity index (χ1v) is 5.61. The molecule has 1 unspecified atom stereocenters. The Morgan fingerprint density at radius 1 is 1.36 bits per heavy atom. The molecule has 0 aliphatic heterocycles. The van der Waals surface area contributed by atoms with Crippen LogP contribution in [-0.4, -0.2) is 4.98 Å². The molecule has 1 nitrogen and oxygen atoms in total. The van der Waals surface area contributed by atoms with E-state index in [0.29, 0.717) is 5.92 Å². The van der Waals surface area contributed by atoms with E-state index in [9.17, 15) is 0 Å². The Kier molecular flexibility index (Phi) is 2.64. The second kappa shape index (κ2) is 3.93. The molecule has 1 aromatic heterocycles. The van der Waals surface area contributed by atoms with Crippen LogP contribution in [0.2, 0.25) is 0 Å². The third-order valence-electron chi connectivity index (χ3n) is 2.12. The van der Waals surface area contributed by atoms with Crippen LogP contribution in [0.25, 0.3) is 18.2 Å². The van der Waals surface area contributed by atoms with Gasteiger partial charge in [0.25, 0.3) is 0 Å². The number of rotatable bonds is 1. The molecule has 2 rings (SSSR count). The molecule has 1 aliphatic carbocycles. The summed E-state index contributed by atoms with van der Waals surface area (Å²) in [6.45, 7) is 4.19. The summed E-state index contributed by atoms with van der Waals surface area (Å²) < 4.78 is 0. The van der Waals surface area contributed by atoms with Gasteiger partial charge in [-0.2, -0.15) is 0 Å². The number of thiazole rings is 1. The minimum atomic E-state index is 0.515. The Morgan fingerprint density at radius 3 is 2.93 bits per heavy atom. The van der Waals surface area contributed by atoms with Gasteiger partial charge in [0.1, 0.15) is 5.01 Å². The van der Waals surface area contributed by atoms with E-state index in [1.54, 1.807) is 11.3 Å². The van der Waals surface area contributed by atoms with E-state index in [1.165, 1.54) is 4.88 Å². The molecule has 0 spiro atoms. The molecule has 14 heavy (non-hydrogen) atoms. The van der Waals surface area contributed by atoms with Crippen molar-refractivity contribution in [2.75, 3.05) is 0 Å². The van der Waals surface area contributed by atoms with E-state index in [4.69, 9.17) is 0 Å². The van der Waals surface area contributed by atoms with Crippen molar-refractivity contribution in [2.45, 2.75) is 13.8 Å². The third-order valence-corrected chi connectivity index (χ3v) is 3.12. The van der Waals surface area contributed by atoms with Crippen LogP contribution < -0.4 is 0 Å². The molecular weight excluding hydrogens is 190 g/mol. The lowest BCUT2D eigenvalue weighted by atomic mass is 10.2. The summed E-state index contributed by atoms with van der Waals surface area (Å²) >= 11 is 1.74. The lowest BCUT2D eigenvalue weighted by Crippen LogP contribution is -1.78. The quantitative estimate of drug-likeness (QED) is 0.675. The van der Waals surface area contributed by atoms with Crippen LogP contribution in [0.4, 0.5) is 0 Å². The lowest BCUT2D eigenvalue weighted by molar-refractivity contribution is 0.953. The number of aromatic nitrogens is 1. The molecule has 0 saturated heterocycles. The second-order valence-electron chi connectivity index (χ2n) is 3.38. The van der Waals surface area contributed by atoms with Gasteiger partial charge in [0.05, 0.1) is 10.6 Å². The van der Waals surface area contributed by atoms with Crippen LogP contribution in [0.15, 0.2) is 18.2 Å². The highest BCUT2D eigenvalue weighted by Gasteiger charge is 2.07. The smallest absolute Gasteiger partial charge is 0.117 e. The number of allylic oxidation sites excluding steroid dienone is 3. The highest BCUT2D eigenvalue weighted by molar-refractivity contribution is 7.13. The largest absolute Gasteiger partial charge is 0.237 e. The zero-order valence-electron chi connectivity index (χ0n) is 8.40. The first-order chi connectivity index (χ1) is 6.79. The number of nitrogens with zero attached hydrogens (tertiary/aromatic N) is 1. The van der Waals surface area contributed by atoms with Gasteiger partial charge in [-0.25, -0.2) is 4.98 Å². The van der Waals surface area contributed by atoms with Gasteiger partial charge in [0.15, 0.2) is 0 Å². The Bertz CT molecular complexity index is 378. The number of hydrogen-bond donors (Lipinski definition) is 0. The average Bonchev–Trinajstić information content (AvgIpc) is 2.47. The predicted molar refractivity (Wildman–Crippen MR) is 64.1 cm³/mol. The Hall–Kier alpha value is -1.15. The van der Waals surface area contributed by atoms with E-state index in [0.717, 1.165) is 10.7 Å². The SMILES string of the molecule is C/C=C/c1nc2c(s1)C=CC(C)C=C2. The van der Waals surface area contributed by atoms with Gasteiger partial charge < -0.3 is 0 Å². The fourth-order valence-corrected chi connectivity index (χ4v) is 2.30. The van der Waals surface area contributed by atoms with Crippen LogP contribution in [0.3, 0.4) is 0 Å². The van der Waals surface area contributed by atoms with Crippen LogP contribution in [0.1, 0.15) is 29.4 Å². The third kappa shape index (κ3) is 1.85. The molecule has 1 heterocycles. The molecule has 0 radical (unpaired) electrons. The second-order valence-corrected chi connectivity index (χ2v) is 4.44. The van der Waals surface area contributed by atoms with Crippen molar-refractivity contribution in [1.29, 1.82) is 0 Å². The van der Waals surface area contributed by atoms with Crippen LogP contribution in [0, 0.1) is 5.92 Å². The van der Waals surface area contributed by atoms with E-state index in [1.807, 2.05) is 19.1 Å². The molecule has 72 valence electrons. The zero-order valence-corrected chi connectivity index (χ0v) is 9.21. The van der Waals surface area contributed by atoms with Gasteiger partial charge in [-0.05, 0) is 31.1 Å². The maximum atomic E-state index is 4.53. The molecule has 0 aromatic carbocycles. The molecule has 0 saturated carbocycles. The van der Waals surface area contributed by atoms with Crippen molar-refractivity contribution in [3.8, 4) is 0 Å². The summed E-state index contributed by atoms with van der Waals surface area (Å²) in [5.41, 5.74) is 1.10. The summed E-state index contributed by atoms with van der Waals surface area (Å²) in [6.07, 6.45) is 12.7. The van der Waals surface area contributed by atoms with Gasteiger partial charge in [0.2, 0.25) is 0 Å². The maximum Gasteiger partial charge on any atom is 0.117 e. The summed E-state index contributed by atoms with van der Waals surface area (Å²) in [7, 11) is 0. The summed E-state index contributed by atoms with van der Waals surface area (Å²) in [5.74, 6) is 0.515. The molecule has 1 atom stereocenters. The fraction of sp³-hybridized carbons (Fsp3) is 0.250. The standard InChI is InChI=1S/C12H13NS/c1-3-4-12-13-10-7-5-9(2)6-8-11(10)14-12/h3-9H,1-2H3/b4-3+. The van der Waals surface area contributed by atoms with Crippen molar-refractivity contribution in [3.63, 3.8) is 0 Å². The molecule has 1 aromatic rings. The minimum absolute atomic E-state index is 0.515. The first kappa shape index (κ1) is 9.41. The minimum Gasteiger partial charge on any atom is -0.237 e. The maximum absolute atomic E-state index is 4.53. The zero-order chi connectivity index (χ0) is 9.97. The van der Waals surface area contributed by atoms with Crippen LogP contribution in [0.5, 0.6) is 0 Å². The van der Waals surface area contributed by atoms with Crippen molar-refractivity contribution in [2.24, 2.45) is 5.92 Å². The monoisotopic (exact) mass is 203 g/mol. The Morgan fingerprint density at radius 2 is 2.14 bits per heavy atom. The summed E-state index contributed by atoms with van der Waals surface area (Å²) in [5, 5.41) is 1.08. The van der Waals surface area contributed by atoms with E-state index in [-0.39, 0.29) is 0 Å². The number of hydrogen-bond acceptors (Lipinski definition) is 2. The average molecular weight is 203 g/mol. The van der Waals surface area contributed by atoms with Crippen LogP contribution >= 0.6 is 11.3 Å².